The van der Waals surface area contributed by atoms with E-state index in [1.54, 1.807) is 24.8 Å². The van der Waals surface area contributed by atoms with Crippen molar-refractivity contribution in [1.29, 1.82) is 0 Å². The maximum absolute atomic E-state index is 14.0. The third kappa shape index (κ3) is 5.41. The van der Waals surface area contributed by atoms with Crippen molar-refractivity contribution in [2.75, 3.05) is 36.0 Å². The standard InChI is InChI=1S/C29H41N5O6/c1-28(2)27(39)33(12-5-13-35)22-15-21(8-9-23(22)40-28)34(20-6-7-20)25(37)19-14-18(16-31-17-19)24(36)32-29(26(30)38)10-3-4-11-29/h8-9,15,18-20,31,35H,3-7,10-14,16-17H2,1-2H3,(H2,30,38)(H,32,36)/t18-,19+/m0/s1. The molecule has 1 aromatic rings. The lowest BCUT2D eigenvalue weighted by Gasteiger charge is -2.40. The van der Waals surface area contributed by atoms with E-state index in [1.165, 1.54) is 0 Å². The summed E-state index contributed by atoms with van der Waals surface area (Å²) in [5, 5.41) is 15.6. The highest BCUT2D eigenvalue weighted by atomic mass is 16.5. The van der Waals surface area contributed by atoms with Gasteiger partial charge in [-0.15, -0.1) is 0 Å². The van der Waals surface area contributed by atoms with E-state index in [9.17, 15) is 24.3 Å². The maximum atomic E-state index is 14.0. The molecule has 0 spiro atoms. The number of primary amides is 1. The number of amides is 4. The molecule has 40 heavy (non-hydrogen) atoms. The monoisotopic (exact) mass is 555 g/mol. The molecular formula is C29H41N5O6. The fraction of sp³-hybridized carbons (Fsp3) is 0.655. The predicted octanol–water partition coefficient (Wildman–Crippen LogP) is 1.21. The molecule has 5 N–H and O–H groups in total. The average molecular weight is 556 g/mol. The first-order valence-corrected chi connectivity index (χ1v) is 14.5. The largest absolute Gasteiger partial charge is 0.476 e. The highest BCUT2D eigenvalue weighted by Gasteiger charge is 2.45. The van der Waals surface area contributed by atoms with Gasteiger partial charge in [0.2, 0.25) is 17.7 Å². The number of aliphatic hydroxyl groups excluding tert-OH is 1. The lowest BCUT2D eigenvalue weighted by atomic mass is 9.87. The zero-order chi connectivity index (χ0) is 28.7. The molecule has 5 rings (SSSR count). The molecule has 0 unspecified atom stereocenters. The zero-order valence-electron chi connectivity index (χ0n) is 23.4. The molecule has 11 heteroatoms. The molecule has 11 nitrogen and oxygen atoms in total. The minimum Gasteiger partial charge on any atom is -0.476 e. The summed E-state index contributed by atoms with van der Waals surface area (Å²) in [6.45, 7) is 4.62. The van der Waals surface area contributed by atoms with E-state index < -0.39 is 28.9 Å². The van der Waals surface area contributed by atoms with Crippen molar-refractivity contribution in [2.24, 2.45) is 17.6 Å². The fourth-order valence-corrected chi connectivity index (χ4v) is 6.28. The molecule has 1 aromatic carbocycles. The second kappa shape index (κ2) is 11.0. The molecule has 1 saturated heterocycles. The van der Waals surface area contributed by atoms with E-state index in [0.29, 0.717) is 62.4 Å². The number of hydrogen-bond acceptors (Lipinski definition) is 7. The molecular weight excluding hydrogens is 514 g/mol. The second-order valence-electron chi connectivity index (χ2n) is 12.2. The second-order valence-corrected chi connectivity index (χ2v) is 12.2. The summed E-state index contributed by atoms with van der Waals surface area (Å²) in [6.07, 6.45) is 5.33. The number of fused-ring (bicyclic) bond motifs is 1. The maximum Gasteiger partial charge on any atom is 0.270 e. The summed E-state index contributed by atoms with van der Waals surface area (Å²) in [7, 11) is 0. The number of nitrogens with two attached hydrogens (primary N) is 1. The molecule has 2 aliphatic heterocycles. The van der Waals surface area contributed by atoms with Crippen molar-refractivity contribution >= 4 is 35.0 Å². The molecule has 0 bridgehead atoms. The van der Waals surface area contributed by atoms with Crippen LogP contribution in [-0.2, 0) is 19.2 Å². The van der Waals surface area contributed by atoms with Crippen LogP contribution >= 0.6 is 0 Å². The Balaban J connectivity index is 1.35. The van der Waals surface area contributed by atoms with Gasteiger partial charge in [0.15, 0.2) is 5.60 Å². The summed E-state index contributed by atoms with van der Waals surface area (Å²) in [5.74, 6) is -1.32. The molecule has 2 heterocycles. The summed E-state index contributed by atoms with van der Waals surface area (Å²) >= 11 is 0. The third-order valence-corrected chi connectivity index (χ3v) is 8.69. The third-order valence-electron chi connectivity index (χ3n) is 8.69. The Bertz CT molecular complexity index is 1180. The number of piperidine rings is 1. The van der Waals surface area contributed by atoms with Gasteiger partial charge in [0.1, 0.15) is 11.3 Å². The Hall–Kier alpha value is -3.18. The van der Waals surface area contributed by atoms with Crippen molar-refractivity contribution in [1.82, 2.24) is 10.6 Å². The minimum absolute atomic E-state index is 0.0449. The van der Waals surface area contributed by atoms with Crippen molar-refractivity contribution in [3.8, 4) is 5.75 Å². The van der Waals surface area contributed by atoms with E-state index in [2.05, 4.69) is 10.6 Å². The van der Waals surface area contributed by atoms with Crippen molar-refractivity contribution in [3.63, 3.8) is 0 Å². The van der Waals surface area contributed by atoms with Gasteiger partial charge >= 0.3 is 0 Å². The van der Waals surface area contributed by atoms with E-state index in [1.807, 2.05) is 17.0 Å². The number of carbonyl (C=O) groups excluding carboxylic acids is 4. The van der Waals surface area contributed by atoms with Gasteiger partial charge in [0.25, 0.3) is 5.91 Å². The molecule has 2 aliphatic carbocycles. The molecule has 2 saturated carbocycles. The van der Waals surface area contributed by atoms with Crippen LogP contribution < -0.4 is 30.9 Å². The van der Waals surface area contributed by atoms with Crippen LogP contribution in [0.15, 0.2) is 18.2 Å². The number of nitrogens with zero attached hydrogens (tertiary/aromatic N) is 2. The first kappa shape index (κ1) is 28.4. The van der Waals surface area contributed by atoms with E-state index in [4.69, 9.17) is 10.5 Å². The van der Waals surface area contributed by atoms with Gasteiger partial charge in [0, 0.05) is 38.0 Å². The Labute approximate surface area is 234 Å². The first-order chi connectivity index (χ1) is 19.1. The Morgan fingerprint density at radius 1 is 1.18 bits per heavy atom. The summed E-state index contributed by atoms with van der Waals surface area (Å²) in [4.78, 5) is 56.0. The highest BCUT2D eigenvalue weighted by molar-refractivity contribution is 6.04. The number of nitrogens with one attached hydrogen (secondary N) is 2. The van der Waals surface area contributed by atoms with Crippen LogP contribution in [0.4, 0.5) is 11.4 Å². The molecule has 218 valence electrons. The van der Waals surface area contributed by atoms with Gasteiger partial charge in [0.05, 0.1) is 17.5 Å². The van der Waals surface area contributed by atoms with Crippen LogP contribution in [0.2, 0.25) is 0 Å². The van der Waals surface area contributed by atoms with Crippen molar-refractivity contribution in [2.45, 2.75) is 82.4 Å². The van der Waals surface area contributed by atoms with Gasteiger partial charge in [-0.05, 0) is 70.6 Å². The van der Waals surface area contributed by atoms with Gasteiger partial charge in [-0.1, -0.05) is 12.8 Å². The number of ether oxygens (including phenoxy) is 1. The Kier molecular flexibility index (Phi) is 7.80. The van der Waals surface area contributed by atoms with Crippen LogP contribution in [0.3, 0.4) is 0 Å². The molecule has 0 aromatic heterocycles. The number of rotatable bonds is 9. The molecule has 2 atom stereocenters. The number of benzene rings is 1. The van der Waals surface area contributed by atoms with Crippen LogP contribution in [0.1, 0.15) is 65.2 Å². The summed E-state index contributed by atoms with van der Waals surface area (Å²) in [5.41, 5.74) is 4.90. The fourth-order valence-electron chi connectivity index (χ4n) is 6.28. The SMILES string of the molecule is CC1(C)Oc2ccc(N(C(=O)[C@H]3CNC[C@@H](C(=O)NC4(C(N)=O)CCCC4)C3)C3CC3)cc2N(CCCO)C1=O. The van der Waals surface area contributed by atoms with Gasteiger partial charge in [-0.2, -0.15) is 0 Å². The Morgan fingerprint density at radius 2 is 1.88 bits per heavy atom. The highest BCUT2D eigenvalue weighted by Crippen LogP contribution is 2.43. The summed E-state index contributed by atoms with van der Waals surface area (Å²) < 4.78 is 6.00. The predicted molar refractivity (Wildman–Crippen MR) is 149 cm³/mol. The summed E-state index contributed by atoms with van der Waals surface area (Å²) in [6, 6.07) is 5.53. The minimum atomic E-state index is -1.04. The van der Waals surface area contributed by atoms with Crippen LogP contribution in [-0.4, -0.2) is 72.2 Å². The van der Waals surface area contributed by atoms with Gasteiger partial charge in [-0.3, -0.25) is 19.2 Å². The molecule has 4 amide bonds. The van der Waals surface area contributed by atoms with E-state index in [-0.39, 0.29) is 30.4 Å². The lowest BCUT2D eigenvalue weighted by molar-refractivity contribution is -0.135. The number of carbonyl (C=O) groups is 4. The van der Waals surface area contributed by atoms with Crippen LogP contribution in [0.5, 0.6) is 5.75 Å². The Morgan fingerprint density at radius 3 is 2.52 bits per heavy atom. The lowest BCUT2D eigenvalue weighted by Crippen LogP contribution is -2.59. The van der Waals surface area contributed by atoms with Gasteiger partial charge in [-0.25, -0.2) is 0 Å². The van der Waals surface area contributed by atoms with Gasteiger partial charge < -0.3 is 36.0 Å². The number of hydrogen-bond donors (Lipinski definition) is 4. The molecule has 3 fully saturated rings. The first-order valence-electron chi connectivity index (χ1n) is 14.5. The van der Waals surface area contributed by atoms with E-state index >= 15 is 0 Å². The van der Waals surface area contributed by atoms with Crippen molar-refractivity contribution < 1.29 is 29.0 Å². The zero-order valence-corrected chi connectivity index (χ0v) is 23.4. The number of anilines is 2. The molecule has 4 aliphatic rings. The smallest absolute Gasteiger partial charge is 0.270 e. The number of aliphatic hydroxyl groups is 1. The molecule has 0 radical (unpaired) electrons. The quantitative estimate of drug-likeness (QED) is 0.357. The van der Waals surface area contributed by atoms with Crippen LogP contribution in [0.25, 0.3) is 0 Å². The normalized spacial score (nSPS) is 25.1. The van der Waals surface area contributed by atoms with Crippen LogP contribution in [0, 0.1) is 11.8 Å². The topological polar surface area (TPSA) is 154 Å². The van der Waals surface area contributed by atoms with E-state index in [0.717, 1.165) is 25.7 Å². The average Bonchev–Trinajstić information content (AvgIpc) is 3.65. The van der Waals surface area contributed by atoms with Crippen molar-refractivity contribution in [3.05, 3.63) is 18.2 Å².